The van der Waals surface area contributed by atoms with E-state index in [1.54, 1.807) is 18.2 Å². The van der Waals surface area contributed by atoms with Gasteiger partial charge in [-0.25, -0.2) is 0 Å². The smallest absolute Gasteiger partial charge is 0.184 e. The zero-order valence-electron chi connectivity index (χ0n) is 7.10. The van der Waals surface area contributed by atoms with Crippen molar-refractivity contribution < 1.29 is 9.53 Å². The van der Waals surface area contributed by atoms with Crippen LogP contribution < -0.4 is 4.74 Å². The molecule has 0 aromatic heterocycles. The standard InChI is InChI=1S/C9H7Cl3O2/c10-4-7(13)5-14-9-2-1-6(11)3-8(9)12/h1-3H,4-5H2. The van der Waals surface area contributed by atoms with Gasteiger partial charge >= 0.3 is 0 Å². The van der Waals surface area contributed by atoms with Gasteiger partial charge < -0.3 is 4.74 Å². The first-order valence-corrected chi connectivity index (χ1v) is 5.08. The van der Waals surface area contributed by atoms with Crippen LogP contribution in [0.1, 0.15) is 0 Å². The van der Waals surface area contributed by atoms with Crippen molar-refractivity contribution >= 4 is 40.6 Å². The van der Waals surface area contributed by atoms with Crippen LogP contribution in [0.5, 0.6) is 5.75 Å². The van der Waals surface area contributed by atoms with E-state index in [0.29, 0.717) is 15.8 Å². The number of rotatable bonds is 4. The molecule has 0 N–H and O–H groups in total. The molecule has 76 valence electrons. The number of hydrogen-bond donors (Lipinski definition) is 0. The van der Waals surface area contributed by atoms with Crippen molar-refractivity contribution in [1.29, 1.82) is 0 Å². The Labute approximate surface area is 96.7 Å². The lowest BCUT2D eigenvalue weighted by molar-refractivity contribution is -0.118. The number of carbonyl (C=O) groups is 1. The van der Waals surface area contributed by atoms with Crippen LogP contribution in [0.4, 0.5) is 0 Å². The van der Waals surface area contributed by atoms with Gasteiger partial charge in [0.2, 0.25) is 0 Å². The van der Waals surface area contributed by atoms with Gasteiger partial charge in [-0.2, -0.15) is 0 Å². The summed E-state index contributed by atoms with van der Waals surface area (Å²) in [5, 5.41) is 0.894. The van der Waals surface area contributed by atoms with Crippen molar-refractivity contribution in [2.75, 3.05) is 12.5 Å². The SMILES string of the molecule is O=C(CCl)COc1ccc(Cl)cc1Cl. The van der Waals surface area contributed by atoms with Gasteiger partial charge in [-0.1, -0.05) is 23.2 Å². The number of ether oxygens (including phenoxy) is 1. The van der Waals surface area contributed by atoms with Gasteiger partial charge in [0.15, 0.2) is 5.78 Å². The van der Waals surface area contributed by atoms with Gasteiger partial charge in [0.1, 0.15) is 12.4 Å². The summed E-state index contributed by atoms with van der Waals surface area (Å²) in [7, 11) is 0. The van der Waals surface area contributed by atoms with E-state index in [4.69, 9.17) is 39.5 Å². The van der Waals surface area contributed by atoms with Crippen LogP contribution in [0.25, 0.3) is 0 Å². The van der Waals surface area contributed by atoms with Crippen molar-refractivity contribution in [1.82, 2.24) is 0 Å². The van der Waals surface area contributed by atoms with Crippen LogP contribution in [0.3, 0.4) is 0 Å². The molecule has 0 atom stereocenters. The molecule has 0 bridgehead atoms. The van der Waals surface area contributed by atoms with Crippen molar-refractivity contribution in [2.24, 2.45) is 0 Å². The second-order valence-corrected chi connectivity index (χ2v) is 3.65. The van der Waals surface area contributed by atoms with E-state index in [1.165, 1.54) is 0 Å². The fraction of sp³-hybridized carbons (Fsp3) is 0.222. The highest BCUT2D eigenvalue weighted by Gasteiger charge is 2.05. The third kappa shape index (κ3) is 3.37. The Hall–Kier alpha value is -0.440. The maximum absolute atomic E-state index is 10.8. The zero-order chi connectivity index (χ0) is 10.6. The van der Waals surface area contributed by atoms with Gasteiger partial charge in [-0.3, -0.25) is 4.79 Å². The highest BCUT2D eigenvalue weighted by Crippen LogP contribution is 2.27. The predicted molar refractivity (Wildman–Crippen MR) is 57.7 cm³/mol. The van der Waals surface area contributed by atoms with E-state index in [2.05, 4.69) is 0 Å². The Kier molecular flexibility index (Phi) is 4.52. The highest BCUT2D eigenvalue weighted by atomic mass is 35.5. The van der Waals surface area contributed by atoms with Crippen LogP contribution in [0.2, 0.25) is 10.0 Å². The van der Waals surface area contributed by atoms with E-state index < -0.39 is 0 Å². The predicted octanol–water partition coefficient (Wildman–Crippen LogP) is 3.18. The number of Topliss-reactive ketones (excluding diaryl/α,β-unsaturated/α-hetero) is 1. The number of benzene rings is 1. The first-order valence-electron chi connectivity index (χ1n) is 3.79. The quantitative estimate of drug-likeness (QED) is 0.771. The molecule has 0 aliphatic carbocycles. The van der Waals surface area contributed by atoms with E-state index in [9.17, 15) is 4.79 Å². The molecule has 0 saturated carbocycles. The van der Waals surface area contributed by atoms with Crippen LogP contribution >= 0.6 is 34.8 Å². The summed E-state index contributed by atoms with van der Waals surface area (Å²) in [5.41, 5.74) is 0. The van der Waals surface area contributed by atoms with Crippen molar-refractivity contribution in [2.45, 2.75) is 0 Å². The molecular weight excluding hydrogens is 246 g/mol. The van der Waals surface area contributed by atoms with Crippen molar-refractivity contribution in [3.63, 3.8) is 0 Å². The molecule has 0 spiro atoms. The molecule has 0 heterocycles. The minimum atomic E-state index is -0.197. The van der Waals surface area contributed by atoms with Gasteiger partial charge in [0, 0.05) is 5.02 Å². The number of alkyl halides is 1. The fourth-order valence-corrected chi connectivity index (χ4v) is 1.33. The molecule has 0 saturated heterocycles. The average molecular weight is 254 g/mol. The third-order valence-electron chi connectivity index (χ3n) is 1.43. The van der Waals surface area contributed by atoms with E-state index in [-0.39, 0.29) is 18.3 Å². The number of halogens is 3. The third-order valence-corrected chi connectivity index (χ3v) is 2.26. The van der Waals surface area contributed by atoms with Crippen LogP contribution in [-0.4, -0.2) is 18.3 Å². The zero-order valence-corrected chi connectivity index (χ0v) is 9.36. The monoisotopic (exact) mass is 252 g/mol. The van der Waals surface area contributed by atoms with Crippen molar-refractivity contribution in [3.8, 4) is 5.75 Å². The molecule has 0 amide bonds. The fourth-order valence-electron chi connectivity index (χ4n) is 0.789. The first kappa shape index (κ1) is 11.6. The first-order chi connectivity index (χ1) is 6.63. The Bertz CT molecular complexity index is 339. The number of ketones is 1. The molecule has 0 aliphatic rings. The second kappa shape index (κ2) is 5.44. The Morgan fingerprint density at radius 3 is 2.64 bits per heavy atom. The topological polar surface area (TPSA) is 26.3 Å². The second-order valence-electron chi connectivity index (χ2n) is 2.54. The molecule has 5 heteroatoms. The van der Waals surface area contributed by atoms with E-state index >= 15 is 0 Å². The molecule has 2 nitrogen and oxygen atoms in total. The summed E-state index contributed by atoms with van der Waals surface area (Å²) < 4.78 is 5.12. The van der Waals surface area contributed by atoms with Crippen molar-refractivity contribution in [3.05, 3.63) is 28.2 Å². The highest BCUT2D eigenvalue weighted by molar-refractivity contribution is 6.35. The van der Waals surface area contributed by atoms with Gasteiger partial charge in [-0.15, -0.1) is 11.6 Å². The average Bonchev–Trinajstić information content (AvgIpc) is 2.16. The summed E-state index contributed by atoms with van der Waals surface area (Å²) in [6.45, 7) is -0.0785. The maximum atomic E-state index is 10.8. The lowest BCUT2D eigenvalue weighted by Crippen LogP contribution is -2.12. The van der Waals surface area contributed by atoms with Gasteiger partial charge in [0.05, 0.1) is 10.9 Å². The van der Waals surface area contributed by atoms with Crippen LogP contribution in [-0.2, 0) is 4.79 Å². The van der Waals surface area contributed by atoms with E-state index in [0.717, 1.165) is 0 Å². The summed E-state index contributed by atoms with van der Waals surface area (Å²) in [4.78, 5) is 10.8. The van der Waals surface area contributed by atoms with Crippen LogP contribution in [0, 0.1) is 0 Å². The molecule has 0 radical (unpaired) electrons. The minimum Gasteiger partial charge on any atom is -0.484 e. The summed E-state index contributed by atoms with van der Waals surface area (Å²) in [5.74, 6) is 0.165. The number of carbonyl (C=O) groups excluding carboxylic acids is 1. The van der Waals surface area contributed by atoms with E-state index in [1.807, 2.05) is 0 Å². The summed E-state index contributed by atoms with van der Waals surface area (Å²) >= 11 is 16.8. The molecule has 1 aromatic carbocycles. The van der Waals surface area contributed by atoms with Gasteiger partial charge in [-0.05, 0) is 18.2 Å². The lowest BCUT2D eigenvalue weighted by atomic mass is 10.3. The van der Waals surface area contributed by atoms with Gasteiger partial charge in [0.25, 0.3) is 0 Å². The maximum Gasteiger partial charge on any atom is 0.184 e. The number of hydrogen-bond acceptors (Lipinski definition) is 2. The molecular formula is C9H7Cl3O2. The molecule has 1 rings (SSSR count). The Morgan fingerprint density at radius 1 is 1.36 bits per heavy atom. The molecule has 0 aliphatic heterocycles. The summed E-state index contributed by atoms with van der Waals surface area (Å²) in [6.07, 6.45) is 0. The van der Waals surface area contributed by atoms with Crippen LogP contribution in [0.15, 0.2) is 18.2 Å². The minimum absolute atomic E-state index is 0.0643. The molecule has 0 fully saturated rings. The largest absolute Gasteiger partial charge is 0.484 e. The molecule has 14 heavy (non-hydrogen) atoms. The Balaban J connectivity index is 2.63. The lowest BCUT2D eigenvalue weighted by Gasteiger charge is -2.06. The Morgan fingerprint density at radius 2 is 2.07 bits per heavy atom. The summed E-state index contributed by atoms with van der Waals surface area (Å²) in [6, 6.07) is 4.78. The molecule has 1 aromatic rings. The normalized spacial score (nSPS) is 9.93. The molecule has 0 unspecified atom stereocenters.